The fourth-order valence-electron chi connectivity index (χ4n) is 2.30. The number of rotatable bonds is 4. The van der Waals surface area contributed by atoms with Gasteiger partial charge < -0.3 is 10.1 Å². The van der Waals surface area contributed by atoms with Crippen LogP contribution in [0, 0.1) is 5.92 Å². The van der Waals surface area contributed by atoms with Gasteiger partial charge in [0.15, 0.2) is 0 Å². The molecule has 120 valence electrons. The maximum Gasteiger partial charge on any atom is 0.345 e. The van der Waals surface area contributed by atoms with Gasteiger partial charge in [0, 0.05) is 5.69 Å². The average molecular weight is 306 g/mol. The molecule has 1 fully saturated rings. The van der Waals surface area contributed by atoms with Crippen molar-refractivity contribution in [2.45, 2.75) is 26.2 Å². The number of nitrogens with one attached hydrogen (secondary N) is 1. The second kappa shape index (κ2) is 7.79. The smallest absolute Gasteiger partial charge is 0.345 e. The van der Waals surface area contributed by atoms with Crippen LogP contribution < -0.4 is 5.32 Å². The minimum absolute atomic E-state index is 0.188. The number of ether oxygens (including phenoxy) is 1. The summed E-state index contributed by atoms with van der Waals surface area (Å²) in [6.45, 7) is 3.02. The Morgan fingerprint density at radius 3 is 2.64 bits per heavy atom. The average Bonchev–Trinajstić information content (AvgIpc) is 2.56. The van der Waals surface area contributed by atoms with Crippen LogP contribution in [0.1, 0.15) is 25.3 Å². The number of hydrogen-bond acceptors (Lipinski definition) is 4. The Kier molecular flexibility index (Phi) is 5.77. The molecule has 0 bridgehead atoms. The van der Waals surface area contributed by atoms with Crippen molar-refractivity contribution in [1.82, 2.24) is 5.06 Å². The fraction of sp³-hybridized carbons (Fsp3) is 0.500. The van der Waals surface area contributed by atoms with Crippen LogP contribution in [0.25, 0.3) is 0 Å². The molecule has 1 saturated heterocycles. The van der Waals surface area contributed by atoms with E-state index in [4.69, 9.17) is 9.57 Å². The molecule has 0 aliphatic carbocycles. The summed E-state index contributed by atoms with van der Waals surface area (Å²) in [7, 11) is 1.39. The molecular weight excluding hydrogens is 284 g/mol. The third-order valence-electron chi connectivity index (χ3n) is 3.58. The van der Waals surface area contributed by atoms with E-state index in [2.05, 4.69) is 5.32 Å². The standard InChI is InChI=1S/C16H22N2O4/c1-12(15(19)21-2)11-13-5-7-14(8-6-13)17-16(20)18-9-3-4-10-22-18/h5-8,12H,3-4,9-11H2,1-2H3,(H,17,20). The summed E-state index contributed by atoms with van der Waals surface area (Å²) in [6.07, 6.45) is 2.55. The maximum atomic E-state index is 12.0. The first-order valence-electron chi connectivity index (χ1n) is 7.48. The molecule has 1 unspecified atom stereocenters. The lowest BCUT2D eigenvalue weighted by Crippen LogP contribution is -2.38. The highest BCUT2D eigenvalue weighted by molar-refractivity contribution is 5.88. The molecule has 0 saturated carbocycles. The highest BCUT2D eigenvalue weighted by Crippen LogP contribution is 2.15. The minimum atomic E-state index is -0.254. The molecule has 1 atom stereocenters. The van der Waals surface area contributed by atoms with E-state index in [0.717, 1.165) is 18.4 Å². The summed E-state index contributed by atoms with van der Waals surface area (Å²) in [5.41, 5.74) is 1.72. The Morgan fingerprint density at radius 1 is 1.32 bits per heavy atom. The summed E-state index contributed by atoms with van der Waals surface area (Å²) in [4.78, 5) is 28.7. The monoisotopic (exact) mass is 306 g/mol. The predicted molar refractivity (Wildman–Crippen MR) is 82.2 cm³/mol. The Morgan fingerprint density at radius 2 is 2.05 bits per heavy atom. The van der Waals surface area contributed by atoms with Crippen molar-refractivity contribution in [3.8, 4) is 0 Å². The normalized spacial score (nSPS) is 16.0. The van der Waals surface area contributed by atoms with Gasteiger partial charge in [-0.05, 0) is 37.0 Å². The summed E-state index contributed by atoms with van der Waals surface area (Å²) >= 11 is 0. The van der Waals surface area contributed by atoms with E-state index in [1.807, 2.05) is 31.2 Å². The lowest BCUT2D eigenvalue weighted by molar-refractivity contribution is -0.144. The first-order valence-corrected chi connectivity index (χ1v) is 7.48. The van der Waals surface area contributed by atoms with Gasteiger partial charge in [0.05, 0.1) is 26.2 Å². The van der Waals surface area contributed by atoms with Crippen LogP contribution in [0.2, 0.25) is 0 Å². The highest BCUT2D eigenvalue weighted by atomic mass is 16.7. The summed E-state index contributed by atoms with van der Waals surface area (Å²) < 4.78 is 4.71. The number of methoxy groups -OCH3 is 1. The summed E-state index contributed by atoms with van der Waals surface area (Å²) in [5, 5.41) is 4.15. The molecule has 1 N–H and O–H groups in total. The summed E-state index contributed by atoms with van der Waals surface area (Å²) in [6, 6.07) is 7.18. The van der Waals surface area contributed by atoms with E-state index in [0.29, 0.717) is 25.3 Å². The molecule has 6 nitrogen and oxygen atoms in total. The molecule has 1 aromatic rings. The van der Waals surface area contributed by atoms with E-state index < -0.39 is 0 Å². The number of carbonyl (C=O) groups is 2. The van der Waals surface area contributed by atoms with Crippen molar-refractivity contribution in [1.29, 1.82) is 0 Å². The lowest BCUT2D eigenvalue weighted by atomic mass is 10.0. The van der Waals surface area contributed by atoms with Crippen LogP contribution in [0.5, 0.6) is 0 Å². The fourth-order valence-corrected chi connectivity index (χ4v) is 2.30. The van der Waals surface area contributed by atoms with Crippen molar-refractivity contribution in [2.24, 2.45) is 5.92 Å². The third-order valence-corrected chi connectivity index (χ3v) is 3.58. The Labute approximate surface area is 130 Å². The SMILES string of the molecule is COC(=O)C(C)Cc1ccc(NC(=O)N2CCCCO2)cc1. The van der Waals surface area contributed by atoms with Crippen molar-refractivity contribution in [2.75, 3.05) is 25.6 Å². The van der Waals surface area contributed by atoms with Gasteiger partial charge >= 0.3 is 12.0 Å². The van der Waals surface area contributed by atoms with E-state index in [1.165, 1.54) is 12.2 Å². The largest absolute Gasteiger partial charge is 0.469 e. The zero-order chi connectivity index (χ0) is 15.9. The predicted octanol–water partition coefficient (Wildman–Crippen LogP) is 2.60. The first-order chi connectivity index (χ1) is 10.6. The van der Waals surface area contributed by atoms with Gasteiger partial charge in [-0.1, -0.05) is 19.1 Å². The molecule has 6 heteroatoms. The van der Waals surface area contributed by atoms with Crippen LogP contribution in [0.3, 0.4) is 0 Å². The van der Waals surface area contributed by atoms with E-state index in [-0.39, 0.29) is 17.9 Å². The van der Waals surface area contributed by atoms with Gasteiger partial charge in [-0.15, -0.1) is 0 Å². The molecule has 2 amide bonds. The Hall–Kier alpha value is -2.08. The van der Waals surface area contributed by atoms with Crippen LogP contribution >= 0.6 is 0 Å². The number of carbonyl (C=O) groups excluding carboxylic acids is 2. The van der Waals surface area contributed by atoms with Gasteiger partial charge in [-0.25, -0.2) is 9.86 Å². The molecule has 0 aromatic heterocycles. The first kappa shape index (κ1) is 16.3. The van der Waals surface area contributed by atoms with Crippen LogP contribution in [-0.4, -0.2) is 37.3 Å². The second-order valence-electron chi connectivity index (χ2n) is 5.40. The quantitative estimate of drug-likeness (QED) is 0.868. The number of benzene rings is 1. The molecule has 22 heavy (non-hydrogen) atoms. The van der Waals surface area contributed by atoms with Gasteiger partial charge in [0.25, 0.3) is 0 Å². The van der Waals surface area contributed by atoms with Gasteiger partial charge in [0.1, 0.15) is 0 Å². The van der Waals surface area contributed by atoms with Crippen molar-refractivity contribution >= 4 is 17.7 Å². The van der Waals surface area contributed by atoms with Crippen molar-refractivity contribution in [3.63, 3.8) is 0 Å². The number of urea groups is 1. The molecule has 1 heterocycles. The summed E-state index contributed by atoms with van der Waals surface area (Å²) in [5.74, 6) is -0.410. The van der Waals surface area contributed by atoms with Crippen LogP contribution in [0.4, 0.5) is 10.5 Å². The molecule has 1 aliphatic rings. The van der Waals surface area contributed by atoms with Gasteiger partial charge in [0.2, 0.25) is 0 Å². The Bertz CT molecular complexity index is 509. The van der Waals surface area contributed by atoms with Crippen LogP contribution in [0.15, 0.2) is 24.3 Å². The molecule has 1 aliphatic heterocycles. The minimum Gasteiger partial charge on any atom is -0.469 e. The third kappa shape index (κ3) is 4.46. The maximum absolute atomic E-state index is 12.0. The lowest BCUT2D eigenvalue weighted by Gasteiger charge is -2.25. The van der Waals surface area contributed by atoms with E-state index in [1.54, 1.807) is 0 Å². The number of esters is 1. The zero-order valence-corrected chi connectivity index (χ0v) is 13.0. The number of hydrogen-bond donors (Lipinski definition) is 1. The number of nitrogens with zero attached hydrogens (tertiary/aromatic N) is 1. The van der Waals surface area contributed by atoms with Crippen molar-refractivity contribution < 1.29 is 19.2 Å². The van der Waals surface area contributed by atoms with Crippen molar-refractivity contribution in [3.05, 3.63) is 29.8 Å². The molecule has 2 rings (SSSR count). The van der Waals surface area contributed by atoms with Gasteiger partial charge in [-0.2, -0.15) is 0 Å². The number of anilines is 1. The number of amides is 2. The number of hydroxylamine groups is 2. The Balaban J connectivity index is 1.88. The van der Waals surface area contributed by atoms with Crippen LogP contribution in [-0.2, 0) is 20.8 Å². The molecule has 0 spiro atoms. The molecule has 1 aromatic carbocycles. The zero-order valence-electron chi connectivity index (χ0n) is 13.0. The van der Waals surface area contributed by atoms with Gasteiger partial charge in [-0.3, -0.25) is 9.63 Å². The van der Waals surface area contributed by atoms with E-state index >= 15 is 0 Å². The molecular formula is C16H22N2O4. The van der Waals surface area contributed by atoms with E-state index in [9.17, 15) is 9.59 Å². The highest BCUT2D eigenvalue weighted by Gasteiger charge is 2.18. The second-order valence-corrected chi connectivity index (χ2v) is 5.40. The molecule has 0 radical (unpaired) electrons. The topological polar surface area (TPSA) is 67.9 Å².